The van der Waals surface area contributed by atoms with Crippen LogP contribution in [0.1, 0.15) is 49.3 Å². The van der Waals surface area contributed by atoms with Gasteiger partial charge in [-0.2, -0.15) is 0 Å². The van der Waals surface area contributed by atoms with E-state index >= 15 is 0 Å². The van der Waals surface area contributed by atoms with E-state index in [0.29, 0.717) is 28.1 Å². The van der Waals surface area contributed by atoms with Crippen LogP contribution in [-0.2, 0) is 12.1 Å². The van der Waals surface area contributed by atoms with E-state index in [1.165, 1.54) is 42.6 Å². The maximum absolute atomic E-state index is 13.3. The van der Waals surface area contributed by atoms with Gasteiger partial charge in [-0.15, -0.1) is 12.4 Å². The molecule has 3 nitrogen and oxygen atoms in total. The van der Waals surface area contributed by atoms with Gasteiger partial charge in [0, 0.05) is 30.3 Å². The number of halogens is 4. The zero-order valence-corrected chi connectivity index (χ0v) is 28.9. The fraction of sp³-hybridized carbons (Fsp3) is 0.316. The van der Waals surface area contributed by atoms with Crippen LogP contribution >= 0.6 is 35.6 Å². The monoisotopic (exact) mass is 668 g/mol. The van der Waals surface area contributed by atoms with E-state index in [4.69, 9.17) is 27.9 Å². The lowest BCUT2D eigenvalue weighted by Crippen LogP contribution is -2.44. The van der Waals surface area contributed by atoms with Crippen LogP contribution in [0.2, 0.25) is 10.0 Å². The van der Waals surface area contributed by atoms with E-state index in [-0.39, 0.29) is 23.8 Å². The van der Waals surface area contributed by atoms with Crippen molar-refractivity contribution in [2.24, 2.45) is 5.92 Å². The molecule has 1 fully saturated rings. The summed E-state index contributed by atoms with van der Waals surface area (Å²) in [7, 11) is 6.13. The number of rotatable bonds is 12. The molecule has 1 atom stereocenters. The van der Waals surface area contributed by atoms with Crippen LogP contribution in [0.25, 0.3) is 6.08 Å². The molecule has 0 N–H and O–H groups in total. The van der Waals surface area contributed by atoms with Gasteiger partial charge in [-0.1, -0.05) is 103 Å². The summed E-state index contributed by atoms with van der Waals surface area (Å²) in [4.78, 5) is 4.55. The molecule has 0 spiro atoms. The van der Waals surface area contributed by atoms with Crippen molar-refractivity contribution in [3.05, 3.63) is 136 Å². The Kier molecular flexibility index (Phi) is 14.4. The maximum atomic E-state index is 13.3. The quantitative estimate of drug-likeness (QED) is 0.149. The van der Waals surface area contributed by atoms with Crippen LogP contribution in [0.3, 0.4) is 0 Å². The summed E-state index contributed by atoms with van der Waals surface area (Å²) < 4.78 is 19.1. The Hall–Kier alpha value is -2.86. The SMILES string of the molecule is CCC(C/C=C/c1ccccc1)(c1ccccc1)N(C)CC1CC1.CN(C)Cc1cc(F)ccc1Oc1ccc(Cl)c(Cl)c1.Cl. The molecular formula is C38H44Cl3FN2O. The van der Waals surface area contributed by atoms with Gasteiger partial charge in [0.2, 0.25) is 0 Å². The van der Waals surface area contributed by atoms with Crippen molar-refractivity contribution in [1.29, 1.82) is 0 Å². The lowest BCUT2D eigenvalue weighted by molar-refractivity contribution is 0.108. The molecule has 0 heterocycles. The maximum Gasteiger partial charge on any atom is 0.132 e. The number of hydrogen-bond acceptors (Lipinski definition) is 3. The van der Waals surface area contributed by atoms with Crippen LogP contribution < -0.4 is 4.74 Å². The normalized spacial score (nSPS) is 14.1. The van der Waals surface area contributed by atoms with E-state index in [2.05, 4.69) is 91.7 Å². The minimum atomic E-state index is -0.289. The summed E-state index contributed by atoms with van der Waals surface area (Å²) in [6, 6.07) is 31.1. The van der Waals surface area contributed by atoms with Crippen molar-refractivity contribution in [1.82, 2.24) is 9.80 Å². The molecule has 5 rings (SSSR count). The van der Waals surface area contributed by atoms with E-state index in [1.54, 1.807) is 24.3 Å². The largest absolute Gasteiger partial charge is 0.457 e. The lowest BCUT2D eigenvalue weighted by Gasteiger charge is -2.42. The predicted octanol–water partition coefficient (Wildman–Crippen LogP) is 11.1. The Morgan fingerprint density at radius 1 is 0.867 bits per heavy atom. The number of ether oxygens (including phenoxy) is 1. The van der Waals surface area contributed by atoms with Crippen molar-refractivity contribution in [3.8, 4) is 11.5 Å². The Morgan fingerprint density at radius 2 is 1.53 bits per heavy atom. The van der Waals surface area contributed by atoms with Gasteiger partial charge in [0.1, 0.15) is 17.3 Å². The van der Waals surface area contributed by atoms with E-state index < -0.39 is 0 Å². The van der Waals surface area contributed by atoms with Gasteiger partial charge in [0.05, 0.1) is 10.0 Å². The number of hydrogen-bond donors (Lipinski definition) is 0. The highest BCUT2D eigenvalue weighted by Gasteiger charge is 2.36. The second kappa shape index (κ2) is 17.7. The molecular weight excluding hydrogens is 626 g/mol. The van der Waals surface area contributed by atoms with Gasteiger partial charge in [0.15, 0.2) is 0 Å². The number of benzene rings is 4. The van der Waals surface area contributed by atoms with Crippen molar-refractivity contribution in [2.75, 3.05) is 27.7 Å². The smallest absolute Gasteiger partial charge is 0.132 e. The Morgan fingerprint density at radius 3 is 2.13 bits per heavy atom. The zero-order chi connectivity index (χ0) is 31.5. The van der Waals surface area contributed by atoms with Crippen LogP contribution in [0.4, 0.5) is 4.39 Å². The van der Waals surface area contributed by atoms with Gasteiger partial charge in [-0.05, 0) is 94.2 Å². The summed E-state index contributed by atoms with van der Waals surface area (Å²) in [6.45, 7) is 4.11. The third kappa shape index (κ3) is 10.9. The Bertz CT molecular complexity index is 1500. The lowest BCUT2D eigenvalue weighted by atomic mass is 9.82. The molecule has 0 radical (unpaired) electrons. The highest BCUT2D eigenvalue weighted by molar-refractivity contribution is 6.42. The molecule has 1 unspecified atom stereocenters. The first kappa shape index (κ1) is 36.6. The van der Waals surface area contributed by atoms with Gasteiger partial charge in [-0.3, -0.25) is 4.90 Å². The fourth-order valence-electron chi connectivity index (χ4n) is 5.46. The fourth-order valence-corrected chi connectivity index (χ4v) is 5.74. The Labute approximate surface area is 285 Å². The van der Waals surface area contributed by atoms with Crippen LogP contribution in [0.15, 0.2) is 103 Å². The average molecular weight is 670 g/mol. The standard InChI is InChI=1S/C23H29N.C15H14Cl2FNO.ClH/c1-3-23(22-14-8-5-9-15-22,24(2)19-21-16-17-21)18-10-13-20-11-6-4-7-12-20;1-19(2)9-10-7-11(18)3-6-15(10)20-12-4-5-13(16)14(17)8-12;/h4-15,21H,3,16-19H2,1-2H3;3-8H,9H2,1-2H3;1H/b13-10+;;. The van der Waals surface area contributed by atoms with Crippen molar-refractivity contribution in [3.63, 3.8) is 0 Å². The third-order valence-electron chi connectivity index (χ3n) is 8.05. The van der Waals surface area contributed by atoms with E-state index in [0.717, 1.165) is 24.3 Å². The van der Waals surface area contributed by atoms with Gasteiger partial charge in [-0.25, -0.2) is 4.39 Å². The summed E-state index contributed by atoms with van der Waals surface area (Å²) in [5, 5.41) is 0.882. The molecule has 1 saturated carbocycles. The number of nitrogens with zero attached hydrogens (tertiary/aromatic N) is 2. The molecule has 4 aromatic carbocycles. The molecule has 240 valence electrons. The summed E-state index contributed by atoms with van der Waals surface area (Å²) in [6.07, 6.45) is 9.59. The molecule has 1 aliphatic rings. The third-order valence-corrected chi connectivity index (χ3v) is 8.79. The summed E-state index contributed by atoms with van der Waals surface area (Å²) in [5.74, 6) is 1.77. The minimum absolute atomic E-state index is 0. The summed E-state index contributed by atoms with van der Waals surface area (Å²) >= 11 is 11.8. The molecule has 1 aliphatic carbocycles. The highest BCUT2D eigenvalue weighted by Crippen LogP contribution is 2.39. The van der Waals surface area contributed by atoms with E-state index in [1.807, 2.05) is 19.0 Å². The molecule has 45 heavy (non-hydrogen) atoms. The Balaban J connectivity index is 0.000000244. The van der Waals surface area contributed by atoms with Gasteiger partial charge in [0.25, 0.3) is 0 Å². The topological polar surface area (TPSA) is 15.7 Å². The predicted molar refractivity (Wildman–Crippen MR) is 191 cm³/mol. The van der Waals surface area contributed by atoms with Gasteiger partial charge >= 0.3 is 0 Å². The first-order valence-electron chi connectivity index (χ1n) is 15.2. The highest BCUT2D eigenvalue weighted by atomic mass is 35.5. The molecule has 0 amide bonds. The molecule has 4 aromatic rings. The van der Waals surface area contributed by atoms with Crippen molar-refractivity contribution >= 4 is 41.7 Å². The summed E-state index contributed by atoms with van der Waals surface area (Å²) in [5.41, 5.74) is 3.57. The second-order valence-corrected chi connectivity index (χ2v) is 12.6. The van der Waals surface area contributed by atoms with Crippen molar-refractivity contribution < 1.29 is 9.13 Å². The molecule has 0 aromatic heterocycles. The van der Waals surface area contributed by atoms with Crippen LogP contribution in [0.5, 0.6) is 11.5 Å². The average Bonchev–Trinajstić information content (AvgIpc) is 3.84. The van der Waals surface area contributed by atoms with Gasteiger partial charge < -0.3 is 9.64 Å². The van der Waals surface area contributed by atoms with Crippen LogP contribution in [-0.4, -0.2) is 37.5 Å². The first-order valence-corrected chi connectivity index (χ1v) is 16.0. The minimum Gasteiger partial charge on any atom is -0.457 e. The molecule has 0 bridgehead atoms. The molecule has 7 heteroatoms. The molecule has 0 aliphatic heterocycles. The molecule has 0 saturated heterocycles. The second-order valence-electron chi connectivity index (χ2n) is 11.8. The zero-order valence-electron chi connectivity index (χ0n) is 26.6. The van der Waals surface area contributed by atoms with Crippen LogP contribution in [0, 0.1) is 11.7 Å². The first-order chi connectivity index (χ1) is 21.2. The van der Waals surface area contributed by atoms with E-state index in [9.17, 15) is 4.39 Å². The van der Waals surface area contributed by atoms with Crippen molar-refractivity contribution in [2.45, 2.75) is 44.7 Å².